The van der Waals surface area contributed by atoms with E-state index >= 15 is 0 Å². The molecule has 0 aliphatic heterocycles. The average molecular weight is 169 g/mol. The van der Waals surface area contributed by atoms with Crippen molar-refractivity contribution in [3.05, 3.63) is 35.9 Å². The molecule has 58 valence electrons. The number of rotatable bonds is 2. The van der Waals surface area contributed by atoms with Crippen molar-refractivity contribution < 1.29 is 0 Å². The van der Waals surface area contributed by atoms with Crippen molar-refractivity contribution in [2.24, 2.45) is 0 Å². The minimum atomic E-state index is 0.232. The highest BCUT2D eigenvalue weighted by Gasteiger charge is 2.01. The number of hydrogen-bond donors (Lipinski definition) is 0. The van der Waals surface area contributed by atoms with Gasteiger partial charge in [0.2, 0.25) is 5.28 Å². The maximum atomic E-state index is 5.59. The first-order chi connectivity index (χ1) is 5.24. The molecule has 0 aliphatic carbocycles. The standard InChI is InChI=1S/C8H9ClN2/c1-3-6(2)7-4-5-10-8(9)11-7/h3-6H,1H2,2H3. The Hall–Kier alpha value is -0.890. The third-order valence-corrected chi connectivity index (χ3v) is 1.65. The second-order valence-electron chi connectivity index (χ2n) is 2.27. The summed E-state index contributed by atoms with van der Waals surface area (Å²) in [5.41, 5.74) is 0.903. The van der Waals surface area contributed by atoms with Crippen molar-refractivity contribution in [3.63, 3.8) is 0 Å². The highest BCUT2D eigenvalue weighted by Crippen LogP contribution is 2.13. The number of aromatic nitrogens is 2. The molecule has 0 bridgehead atoms. The van der Waals surface area contributed by atoms with Gasteiger partial charge in [-0.05, 0) is 17.7 Å². The zero-order chi connectivity index (χ0) is 8.27. The summed E-state index contributed by atoms with van der Waals surface area (Å²) < 4.78 is 0. The van der Waals surface area contributed by atoms with Crippen molar-refractivity contribution in [2.45, 2.75) is 12.8 Å². The number of nitrogens with zero attached hydrogens (tertiary/aromatic N) is 2. The van der Waals surface area contributed by atoms with Gasteiger partial charge in [0.1, 0.15) is 0 Å². The highest BCUT2D eigenvalue weighted by atomic mass is 35.5. The molecule has 2 nitrogen and oxygen atoms in total. The first-order valence-corrected chi connectivity index (χ1v) is 3.73. The van der Waals surface area contributed by atoms with Crippen LogP contribution in [-0.2, 0) is 0 Å². The minimum Gasteiger partial charge on any atom is -0.227 e. The molecule has 0 aromatic carbocycles. The lowest BCUT2D eigenvalue weighted by Gasteiger charge is -2.03. The van der Waals surface area contributed by atoms with Crippen molar-refractivity contribution in [2.75, 3.05) is 0 Å². The Kier molecular flexibility index (Phi) is 2.60. The van der Waals surface area contributed by atoms with Crippen LogP contribution in [0.25, 0.3) is 0 Å². The van der Waals surface area contributed by atoms with Gasteiger partial charge in [-0.25, -0.2) is 9.97 Å². The predicted octanol–water partition coefficient (Wildman–Crippen LogP) is 2.42. The fourth-order valence-corrected chi connectivity index (χ4v) is 0.876. The minimum absolute atomic E-state index is 0.232. The van der Waals surface area contributed by atoms with Crippen LogP contribution in [0.1, 0.15) is 18.5 Å². The smallest absolute Gasteiger partial charge is 0.222 e. The summed E-state index contributed by atoms with van der Waals surface area (Å²) >= 11 is 5.59. The van der Waals surface area contributed by atoms with Crippen LogP contribution in [0.4, 0.5) is 0 Å². The van der Waals surface area contributed by atoms with Crippen LogP contribution in [0.2, 0.25) is 5.28 Å². The maximum Gasteiger partial charge on any atom is 0.222 e. The lowest BCUT2D eigenvalue weighted by molar-refractivity contribution is 0.894. The molecule has 0 spiro atoms. The predicted molar refractivity (Wildman–Crippen MR) is 45.7 cm³/mol. The lowest BCUT2D eigenvalue weighted by Crippen LogP contribution is -1.94. The number of hydrogen-bond acceptors (Lipinski definition) is 2. The summed E-state index contributed by atoms with van der Waals surface area (Å²) in [6.45, 7) is 5.67. The highest BCUT2D eigenvalue weighted by molar-refractivity contribution is 6.28. The molecular weight excluding hydrogens is 160 g/mol. The van der Waals surface area contributed by atoms with Crippen LogP contribution in [0.15, 0.2) is 24.9 Å². The Morgan fingerprint density at radius 2 is 2.45 bits per heavy atom. The maximum absolute atomic E-state index is 5.59. The molecule has 0 aliphatic rings. The Balaban J connectivity index is 2.95. The van der Waals surface area contributed by atoms with E-state index in [1.54, 1.807) is 6.20 Å². The fourth-order valence-electron chi connectivity index (χ4n) is 0.722. The topological polar surface area (TPSA) is 25.8 Å². The SMILES string of the molecule is C=CC(C)c1ccnc(Cl)n1. The van der Waals surface area contributed by atoms with Gasteiger partial charge in [0.25, 0.3) is 0 Å². The molecule has 0 saturated heterocycles. The molecule has 0 radical (unpaired) electrons. The van der Waals surface area contributed by atoms with Gasteiger partial charge in [0, 0.05) is 12.1 Å². The molecule has 1 rings (SSSR count). The van der Waals surface area contributed by atoms with Crippen molar-refractivity contribution in [1.29, 1.82) is 0 Å². The van der Waals surface area contributed by atoms with Gasteiger partial charge in [-0.3, -0.25) is 0 Å². The van der Waals surface area contributed by atoms with Gasteiger partial charge in [-0.1, -0.05) is 13.0 Å². The number of halogens is 1. The van der Waals surface area contributed by atoms with E-state index in [4.69, 9.17) is 11.6 Å². The summed E-state index contributed by atoms with van der Waals surface area (Å²) in [5.74, 6) is 0.232. The molecule has 3 heteroatoms. The van der Waals surface area contributed by atoms with E-state index in [2.05, 4.69) is 16.5 Å². The van der Waals surface area contributed by atoms with Crippen LogP contribution in [0.3, 0.4) is 0 Å². The van der Waals surface area contributed by atoms with Gasteiger partial charge in [-0.2, -0.15) is 0 Å². The first kappa shape index (κ1) is 8.21. The van der Waals surface area contributed by atoms with E-state index in [9.17, 15) is 0 Å². The molecule has 0 amide bonds. The van der Waals surface area contributed by atoms with Crippen molar-refractivity contribution >= 4 is 11.6 Å². The van der Waals surface area contributed by atoms with Crippen LogP contribution >= 0.6 is 11.6 Å². The molecule has 1 aromatic rings. The quantitative estimate of drug-likeness (QED) is 0.501. The van der Waals surface area contributed by atoms with Gasteiger partial charge in [-0.15, -0.1) is 6.58 Å². The molecule has 1 aromatic heterocycles. The molecule has 0 N–H and O–H groups in total. The molecule has 0 fully saturated rings. The second kappa shape index (κ2) is 3.49. The second-order valence-corrected chi connectivity index (χ2v) is 2.61. The first-order valence-electron chi connectivity index (χ1n) is 3.35. The fraction of sp³-hybridized carbons (Fsp3) is 0.250. The van der Waals surface area contributed by atoms with Crippen molar-refractivity contribution in [1.82, 2.24) is 9.97 Å². The summed E-state index contributed by atoms with van der Waals surface area (Å²) in [5, 5.41) is 0.288. The van der Waals surface area contributed by atoms with Crippen LogP contribution in [-0.4, -0.2) is 9.97 Å². The summed E-state index contributed by atoms with van der Waals surface area (Å²) in [7, 11) is 0. The summed E-state index contributed by atoms with van der Waals surface area (Å²) in [6, 6.07) is 1.83. The summed E-state index contributed by atoms with van der Waals surface area (Å²) in [6.07, 6.45) is 3.46. The molecule has 1 unspecified atom stereocenters. The molecule has 1 heterocycles. The van der Waals surface area contributed by atoms with E-state index in [0.29, 0.717) is 0 Å². The Labute approximate surface area is 70.9 Å². The normalized spacial score (nSPS) is 12.5. The number of allylic oxidation sites excluding steroid dienone is 1. The molecule has 0 saturated carbocycles. The zero-order valence-corrected chi connectivity index (χ0v) is 7.04. The van der Waals surface area contributed by atoms with E-state index in [0.717, 1.165) is 5.69 Å². The van der Waals surface area contributed by atoms with E-state index in [1.807, 2.05) is 19.1 Å². The Bertz CT molecular complexity index is 260. The average Bonchev–Trinajstić information content (AvgIpc) is 2.03. The van der Waals surface area contributed by atoms with Gasteiger partial charge in [0.05, 0.1) is 5.69 Å². The van der Waals surface area contributed by atoms with Gasteiger partial charge < -0.3 is 0 Å². The molecular formula is C8H9ClN2. The summed E-state index contributed by atoms with van der Waals surface area (Å²) in [4.78, 5) is 7.80. The lowest BCUT2D eigenvalue weighted by atomic mass is 10.1. The monoisotopic (exact) mass is 168 g/mol. The van der Waals surface area contributed by atoms with Crippen LogP contribution < -0.4 is 0 Å². The van der Waals surface area contributed by atoms with E-state index in [-0.39, 0.29) is 11.2 Å². The Morgan fingerprint density at radius 1 is 1.73 bits per heavy atom. The third kappa shape index (κ3) is 2.02. The Morgan fingerprint density at radius 3 is 3.00 bits per heavy atom. The molecule has 11 heavy (non-hydrogen) atoms. The van der Waals surface area contributed by atoms with Crippen LogP contribution in [0, 0.1) is 0 Å². The van der Waals surface area contributed by atoms with Gasteiger partial charge >= 0.3 is 0 Å². The van der Waals surface area contributed by atoms with Crippen molar-refractivity contribution in [3.8, 4) is 0 Å². The zero-order valence-electron chi connectivity index (χ0n) is 6.29. The third-order valence-electron chi connectivity index (χ3n) is 1.47. The largest absolute Gasteiger partial charge is 0.227 e. The van der Waals surface area contributed by atoms with Crippen LogP contribution in [0.5, 0.6) is 0 Å². The van der Waals surface area contributed by atoms with E-state index in [1.165, 1.54) is 0 Å². The van der Waals surface area contributed by atoms with E-state index < -0.39 is 0 Å². The molecule has 1 atom stereocenters. The van der Waals surface area contributed by atoms with Gasteiger partial charge in [0.15, 0.2) is 0 Å².